The van der Waals surface area contributed by atoms with E-state index in [0.717, 1.165) is 44.5 Å². The number of aliphatic hydroxyl groups excluding tert-OH is 2. The zero-order valence-electron chi connectivity index (χ0n) is 22.6. The van der Waals surface area contributed by atoms with Crippen LogP contribution in [0.4, 0.5) is 0 Å². The number of hydrogen-bond acceptors (Lipinski definition) is 5. The molecule has 1 aliphatic rings. The van der Waals surface area contributed by atoms with Crippen LogP contribution in [0.5, 0.6) is 11.5 Å². The molecule has 0 saturated carbocycles. The summed E-state index contributed by atoms with van der Waals surface area (Å²) in [5.74, 6) is 1.56. The topological polar surface area (TPSA) is 58.9 Å². The second kappa shape index (κ2) is 12.6. The van der Waals surface area contributed by atoms with E-state index in [1.165, 1.54) is 9.80 Å². The van der Waals surface area contributed by atoms with Gasteiger partial charge in [0.1, 0.15) is 36.9 Å². The van der Waals surface area contributed by atoms with Crippen molar-refractivity contribution in [1.82, 2.24) is 0 Å². The lowest BCUT2D eigenvalue weighted by Gasteiger charge is -2.26. The Labute approximate surface area is 244 Å². The van der Waals surface area contributed by atoms with Gasteiger partial charge in [-0.15, -0.1) is 0 Å². The molecule has 0 fully saturated rings. The zero-order chi connectivity index (χ0) is 28.0. The molecule has 1 aliphatic carbocycles. The van der Waals surface area contributed by atoms with Crippen LogP contribution in [0.15, 0.2) is 131 Å². The highest BCUT2D eigenvalue weighted by atomic mass is 32.2. The van der Waals surface area contributed by atoms with Gasteiger partial charge in [-0.3, -0.25) is 0 Å². The maximum Gasteiger partial charge on any atom is 0.131 e. The smallest absolute Gasteiger partial charge is 0.131 e. The summed E-state index contributed by atoms with van der Waals surface area (Å²) in [6.45, 7) is 0.279. The van der Waals surface area contributed by atoms with E-state index in [1.54, 1.807) is 11.8 Å². The number of rotatable bonds is 10. The standard InChI is InChI=1S/C36H32O4S/c37-33(25-12-4-1-5-13-25)23-39-35-29-18-10-11-19-30(29)36(40-24-34(38)26-14-6-2-7-15-26)32-22-28(20-21-31(32)35)41-27-16-8-3-9-17-27/h1-20,33-34,37-38H,21-24H2. The summed E-state index contributed by atoms with van der Waals surface area (Å²) < 4.78 is 12.9. The first-order chi connectivity index (χ1) is 20.2. The molecule has 0 radical (unpaired) electrons. The lowest BCUT2D eigenvalue weighted by atomic mass is 9.90. The van der Waals surface area contributed by atoms with Gasteiger partial charge in [-0.25, -0.2) is 0 Å². The Morgan fingerprint density at radius 3 is 1.59 bits per heavy atom. The second-order valence-electron chi connectivity index (χ2n) is 10.1. The van der Waals surface area contributed by atoms with Gasteiger partial charge in [0.05, 0.1) is 0 Å². The molecule has 0 amide bonds. The van der Waals surface area contributed by atoms with Crippen LogP contribution >= 0.6 is 11.8 Å². The molecule has 0 saturated heterocycles. The summed E-state index contributed by atoms with van der Waals surface area (Å²) in [6.07, 6.45) is 2.14. The van der Waals surface area contributed by atoms with E-state index < -0.39 is 12.2 Å². The third-order valence-corrected chi connectivity index (χ3v) is 8.43. The fourth-order valence-corrected chi connectivity index (χ4v) is 6.24. The van der Waals surface area contributed by atoms with E-state index in [0.29, 0.717) is 12.8 Å². The molecule has 5 aromatic rings. The van der Waals surface area contributed by atoms with E-state index in [4.69, 9.17) is 9.47 Å². The number of aliphatic hydroxyl groups is 2. The van der Waals surface area contributed by atoms with Gasteiger partial charge in [0, 0.05) is 33.2 Å². The number of allylic oxidation sites excluding steroid dienone is 2. The normalized spacial score (nSPS) is 14.1. The van der Waals surface area contributed by atoms with Crippen molar-refractivity contribution >= 4 is 22.5 Å². The molecule has 0 aliphatic heterocycles. The quantitative estimate of drug-likeness (QED) is 0.182. The average Bonchev–Trinajstić information content (AvgIpc) is 3.03. The third kappa shape index (κ3) is 6.18. The molecule has 0 bridgehead atoms. The van der Waals surface area contributed by atoms with Crippen LogP contribution < -0.4 is 9.47 Å². The third-order valence-electron chi connectivity index (χ3n) is 7.35. The predicted octanol–water partition coefficient (Wildman–Crippen LogP) is 7.84. The van der Waals surface area contributed by atoms with Crippen molar-refractivity contribution in [2.45, 2.75) is 29.9 Å². The summed E-state index contributed by atoms with van der Waals surface area (Å²) in [5, 5.41) is 23.7. The van der Waals surface area contributed by atoms with Crippen molar-refractivity contribution in [2.24, 2.45) is 0 Å². The molecular formula is C36H32O4S. The molecule has 0 aromatic heterocycles. The van der Waals surface area contributed by atoms with Gasteiger partial charge in [-0.05, 0) is 34.6 Å². The van der Waals surface area contributed by atoms with Crippen molar-refractivity contribution in [3.63, 3.8) is 0 Å². The lowest BCUT2D eigenvalue weighted by molar-refractivity contribution is 0.106. The SMILES string of the molecule is OC(COc1c2c(c(OCC(O)c3ccccc3)c3ccccc13)CC(Sc1ccccc1)=CC2)c1ccccc1. The largest absolute Gasteiger partial charge is 0.490 e. The highest BCUT2D eigenvalue weighted by molar-refractivity contribution is 8.03. The van der Waals surface area contributed by atoms with Crippen molar-refractivity contribution in [2.75, 3.05) is 13.2 Å². The number of ether oxygens (including phenoxy) is 2. The monoisotopic (exact) mass is 560 g/mol. The molecule has 5 aromatic carbocycles. The van der Waals surface area contributed by atoms with Crippen molar-refractivity contribution in [3.8, 4) is 11.5 Å². The minimum Gasteiger partial charge on any atom is -0.490 e. The van der Waals surface area contributed by atoms with Crippen LogP contribution in [0.3, 0.4) is 0 Å². The van der Waals surface area contributed by atoms with E-state index in [9.17, 15) is 10.2 Å². The molecule has 6 rings (SSSR count). The summed E-state index contributed by atoms with van der Waals surface area (Å²) in [5.41, 5.74) is 3.77. The maximum absolute atomic E-state index is 10.9. The van der Waals surface area contributed by atoms with Crippen LogP contribution in [-0.4, -0.2) is 23.4 Å². The molecule has 2 unspecified atom stereocenters. The van der Waals surface area contributed by atoms with Crippen LogP contribution in [0, 0.1) is 0 Å². The fourth-order valence-electron chi connectivity index (χ4n) is 5.26. The predicted molar refractivity (Wildman–Crippen MR) is 166 cm³/mol. The number of thioether (sulfide) groups is 1. The highest BCUT2D eigenvalue weighted by Gasteiger charge is 2.26. The first-order valence-electron chi connectivity index (χ1n) is 13.9. The number of benzene rings is 5. The molecule has 2 N–H and O–H groups in total. The first-order valence-corrected chi connectivity index (χ1v) is 14.7. The Hall–Kier alpha value is -4.03. The van der Waals surface area contributed by atoms with Gasteiger partial charge < -0.3 is 19.7 Å². The second-order valence-corrected chi connectivity index (χ2v) is 11.3. The molecule has 5 heteroatoms. The van der Waals surface area contributed by atoms with E-state index in [1.807, 2.05) is 91.0 Å². The van der Waals surface area contributed by atoms with Gasteiger partial charge in [0.15, 0.2) is 0 Å². The van der Waals surface area contributed by atoms with Gasteiger partial charge in [0.25, 0.3) is 0 Å². The molecule has 41 heavy (non-hydrogen) atoms. The molecule has 0 heterocycles. The molecule has 4 nitrogen and oxygen atoms in total. The van der Waals surface area contributed by atoms with Gasteiger partial charge in [0.2, 0.25) is 0 Å². The summed E-state index contributed by atoms with van der Waals surface area (Å²) >= 11 is 1.76. The minimum absolute atomic E-state index is 0.137. The Bertz CT molecular complexity index is 1640. The van der Waals surface area contributed by atoms with Gasteiger partial charge in [-0.1, -0.05) is 121 Å². The van der Waals surface area contributed by atoms with E-state index in [2.05, 4.69) is 30.3 Å². The number of fused-ring (bicyclic) bond motifs is 2. The minimum atomic E-state index is -0.750. The van der Waals surface area contributed by atoms with Crippen molar-refractivity contribution < 1.29 is 19.7 Å². The van der Waals surface area contributed by atoms with Crippen LogP contribution in [0.1, 0.15) is 34.5 Å². The van der Waals surface area contributed by atoms with E-state index >= 15 is 0 Å². The highest BCUT2D eigenvalue weighted by Crippen LogP contribution is 2.46. The summed E-state index contributed by atoms with van der Waals surface area (Å²) in [4.78, 5) is 2.43. The molecule has 206 valence electrons. The number of hydrogen-bond donors (Lipinski definition) is 2. The average molecular weight is 561 g/mol. The summed E-state index contributed by atoms with van der Waals surface area (Å²) in [6, 6.07) is 37.6. The van der Waals surface area contributed by atoms with Crippen molar-refractivity contribution in [1.29, 1.82) is 0 Å². The fraction of sp³-hybridized carbons (Fsp3) is 0.167. The van der Waals surface area contributed by atoms with Crippen molar-refractivity contribution in [3.05, 3.63) is 148 Å². The maximum atomic E-state index is 10.9. The molecule has 2 atom stereocenters. The first kappa shape index (κ1) is 27.2. The molecular weight excluding hydrogens is 528 g/mol. The Balaban J connectivity index is 1.36. The Kier molecular flexibility index (Phi) is 8.38. The Morgan fingerprint density at radius 1 is 0.585 bits per heavy atom. The van der Waals surface area contributed by atoms with Crippen LogP contribution in [0.2, 0.25) is 0 Å². The lowest BCUT2D eigenvalue weighted by Crippen LogP contribution is -2.15. The van der Waals surface area contributed by atoms with Crippen LogP contribution in [0.25, 0.3) is 10.8 Å². The Morgan fingerprint density at radius 2 is 1.05 bits per heavy atom. The van der Waals surface area contributed by atoms with Gasteiger partial charge in [-0.2, -0.15) is 0 Å². The summed E-state index contributed by atoms with van der Waals surface area (Å²) in [7, 11) is 0. The van der Waals surface area contributed by atoms with Gasteiger partial charge >= 0.3 is 0 Å². The van der Waals surface area contributed by atoms with Crippen LogP contribution in [-0.2, 0) is 12.8 Å². The zero-order valence-corrected chi connectivity index (χ0v) is 23.5. The van der Waals surface area contributed by atoms with E-state index in [-0.39, 0.29) is 13.2 Å². The molecule has 0 spiro atoms.